The lowest BCUT2D eigenvalue weighted by atomic mass is 9.86. The fourth-order valence-electron chi connectivity index (χ4n) is 2.18. The van der Waals surface area contributed by atoms with Gasteiger partial charge in [-0.1, -0.05) is 0 Å². The number of aromatic nitrogens is 1. The first-order valence-corrected chi connectivity index (χ1v) is 7.47. The summed E-state index contributed by atoms with van der Waals surface area (Å²) in [5.41, 5.74) is 0.511. The monoisotopic (exact) mass is 318 g/mol. The smallest absolute Gasteiger partial charge is 0.311 e. The second-order valence-electron chi connectivity index (χ2n) is 5.02. The van der Waals surface area contributed by atoms with Crippen LogP contribution >= 0.6 is 11.3 Å². The molecule has 0 radical (unpaired) electrons. The number of hydrogen-bond acceptors (Lipinski definition) is 5. The molecule has 0 bridgehead atoms. The Labute approximate surface area is 124 Å². The number of nitrogens with one attached hydrogen (secondary N) is 1. The Kier molecular flexibility index (Phi) is 4.87. The minimum atomic E-state index is -2.65. The summed E-state index contributed by atoms with van der Waals surface area (Å²) in [6.07, 6.45) is -0.107. The third-order valence-electron chi connectivity index (χ3n) is 3.42. The highest BCUT2D eigenvalue weighted by molar-refractivity contribution is 7.13. The average Bonchev–Trinajstić information content (AvgIpc) is 2.85. The molecule has 1 aromatic rings. The van der Waals surface area contributed by atoms with Crippen LogP contribution < -0.4 is 5.32 Å². The Bertz CT molecular complexity index is 523. The number of carbonyl (C=O) groups is 2. The number of thiazole rings is 1. The highest BCUT2D eigenvalue weighted by atomic mass is 32.1. The molecular formula is C13H16F2N2O3S. The third-order valence-corrected chi connectivity index (χ3v) is 4.23. The number of carbonyl (C=O) groups excluding carboxylic acids is 2. The van der Waals surface area contributed by atoms with E-state index in [1.54, 1.807) is 5.38 Å². The number of nitrogens with zero attached hydrogens (tertiary/aromatic N) is 1. The Morgan fingerprint density at radius 3 is 2.76 bits per heavy atom. The molecule has 1 heterocycles. The molecule has 116 valence electrons. The van der Waals surface area contributed by atoms with Gasteiger partial charge in [0.05, 0.1) is 19.2 Å². The Balaban J connectivity index is 1.87. The predicted octanol–water partition coefficient (Wildman–Crippen LogP) is 2.62. The van der Waals surface area contributed by atoms with E-state index in [9.17, 15) is 18.4 Å². The second-order valence-corrected chi connectivity index (χ2v) is 5.87. The van der Waals surface area contributed by atoms with Gasteiger partial charge in [0.25, 0.3) is 0 Å². The summed E-state index contributed by atoms with van der Waals surface area (Å²) in [4.78, 5) is 27.2. The van der Waals surface area contributed by atoms with Gasteiger partial charge in [-0.05, 0) is 12.8 Å². The van der Waals surface area contributed by atoms with Gasteiger partial charge in [-0.25, -0.2) is 13.8 Å². The van der Waals surface area contributed by atoms with Crippen molar-refractivity contribution in [2.24, 2.45) is 5.92 Å². The maximum atomic E-state index is 13.0. The van der Waals surface area contributed by atoms with Crippen LogP contribution in [0.1, 0.15) is 31.4 Å². The Morgan fingerprint density at radius 1 is 1.48 bits per heavy atom. The van der Waals surface area contributed by atoms with E-state index >= 15 is 0 Å². The molecule has 1 aromatic heterocycles. The first-order chi connectivity index (χ1) is 9.89. The molecule has 0 saturated heterocycles. The van der Waals surface area contributed by atoms with Crippen LogP contribution in [0.4, 0.5) is 13.9 Å². The molecule has 1 fully saturated rings. The first kappa shape index (κ1) is 15.8. The first-order valence-electron chi connectivity index (χ1n) is 6.59. The molecule has 1 saturated carbocycles. The third kappa shape index (κ3) is 4.45. The van der Waals surface area contributed by atoms with Crippen molar-refractivity contribution in [3.63, 3.8) is 0 Å². The SMILES string of the molecule is COC(=O)Cc1csc(NC(=O)C2CCC(F)(F)CC2)n1. The molecule has 1 aliphatic rings. The summed E-state index contributed by atoms with van der Waals surface area (Å²) in [5.74, 6) is -3.75. The van der Waals surface area contributed by atoms with Crippen LogP contribution in [0.25, 0.3) is 0 Å². The lowest BCUT2D eigenvalue weighted by molar-refractivity contribution is -0.139. The number of alkyl halides is 2. The molecule has 0 aliphatic heterocycles. The van der Waals surface area contributed by atoms with Crippen molar-refractivity contribution in [2.45, 2.75) is 38.0 Å². The maximum absolute atomic E-state index is 13.0. The van der Waals surface area contributed by atoms with Crippen LogP contribution in [0, 0.1) is 5.92 Å². The number of anilines is 1. The average molecular weight is 318 g/mol. The molecule has 1 amide bonds. The van der Waals surface area contributed by atoms with Crippen molar-refractivity contribution in [3.8, 4) is 0 Å². The van der Waals surface area contributed by atoms with Crippen molar-refractivity contribution in [2.75, 3.05) is 12.4 Å². The van der Waals surface area contributed by atoms with Gasteiger partial charge in [-0.2, -0.15) is 0 Å². The van der Waals surface area contributed by atoms with Gasteiger partial charge in [0.1, 0.15) is 0 Å². The minimum Gasteiger partial charge on any atom is -0.469 e. The molecule has 8 heteroatoms. The zero-order chi connectivity index (χ0) is 15.5. The Hall–Kier alpha value is -1.57. The highest BCUT2D eigenvalue weighted by Gasteiger charge is 2.37. The van der Waals surface area contributed by atoms with Crippen LogP contribution in [0.15, 0.2) is 5.38 Å². The van der Waals surface area contributed by atoms with Gasteiger partial charge in [-0.3, -0.25) is 9.59 Å². The normalized spacial score (nSPS) is 18.2. The van der Waals surface area contributed by atoms with Gasteiger partial charge < -0.3 is 10.1 Å². The lowest BCUT2D eigenvalue weighted by Gasteiger charge is -2.27. The lowest BCUT2D eigenvalue weighted by Crippen LogP contribution is -2.31. The summed E-state index contributed by atoms with van der Waals surface area (Å²) in [7, 11) is 1.29. The van der Waals surface area contributed by atoms with Crippen LogP contribution in [0.2, 0.25) is 0 Å². The number of ether oxygens (including phenoxy) is 1. The fraction of sp³-hybridized carbons (Fsp3) is 0.615. The van der Waals surface area contributed by atoms with Crippen LogP contribution in [0.3, 0.4) is 0 Å². The molecule has 0 aromatic carbocycles. The fourth-order valence-corrected chi connectivity index (χ4v) is 2.89. The van der Waals surface area contributed by atoms with E-state index in [1.165, 1.54) is 18.4 Å². The minimum absolute atomic E-state index is 0.0402. The highest BCUT2D eigenvalue weighted by Crippen LogP contribution is 2.36. The number of hydrogen-bond donors (Lipinski definition) is 1. The quantitative estimate of drug-likeness (QED) is 0.867. The molecule has 0 unspecified atom stereocenters. The van der Waals surface area contributed by atoms with E-state index < -0.39 is 17.8 Å². The standard InChI is InChI=1S/C13H16F2N2O3S/c1-20-10(18)6-9-7-21-12(16-9)17-11(19)8-2-4-13(14,15)5-3-8/h7-8H,2-6H2,1H3,(H,16,17,19). The van der Waals surface area contributed by atoms with E-state index in [-0.39, 0.29) is 38.0 Å². The predicted molar refractivity (Wildman–Crippen MR) is 73.4 cm³/mol. The molecule has 2 rings (SSSR count). The molecule has 0 atom stereocenters. The molecule has 1 aliphatic carbocycles. The number of methoxy groups -OCH3 is 1. The van der Waals surface area contributed by atoms with Crippen LogP contribution in [-0.4, -0.2) is 29.9 Å². The van der Waals surface area contributed by atoms with Crippen LogP contribution in [-0.2, 0) is 20.7 Å². The van der Waals surface area contributed by atoms with Crippen molar-refractivity contribution < 1.29 is 23.1 Å². The Morgan fingerprint density at radius 2 is 2.14 bits per heavy atom. The van der Waals surface area contributed by atoms with Gasteiger partial charge in [0.15, 0.2) is 5.13 Å². The summed E-state index contributed by atoms with van der Waals surface area (Å²) in [6.45, 7) is 0. The van der Waals surface area contributed by atoms with Crippen molar-refractivity contribution in [3.05, 3.63) is 11.1 Å². The van der Waals surface area contributed by atoms with Crippen molar-refractivity contribution in [1.29, 1.82) is 0 Å². The van der Waals surface area contributed by atoms with Gasteiger partial charge in [-0.15, -0.1) is 11.3 Å². The van der Waals surface area contributed by atoms with Gasteiger partial charge >= 0.3 is 5.97 Å². The summed E-state index contributed by atoms with van der Waals surface area (Å²) < 4.78 is 30.6. The number of halogens is 2. The van der Waals surface area contributed by atoms with Gasteiger partial charge in [0, 0.05) is 24.1 Å². The summed E-state index contributed by atoms with van der Waals surface area (Å²) in [5, 5.41) is 4.65. The van der Waals surface area contributed by atoms with E-state index in [0.717, 1.165) is 0 Å². The number of amides is 1. The number of esters is 1. The topological polar surface area (TPSA) is 68.3 Å². The molecule has 21 heavy (non-hydrogen) atoms. The van der Waals surface area contributed by atoms with E-state index in [0.29, 0.717) is 10.8 Å². The largest absolute Gasteiger partial charge is 0.469 e. The van der Waals surface area contributed by atoms with Crippen LogP contribution in [0.5, 0.6) is 0 Å². The van der Waals surface area contributed by atoms with Crippen molar-refractivity contribution >= 4 is 28.3 Å². The zero-order valence-electron chi connectivity index (χ0n) is 11.5. The molecule has 0 spiro atoms. The summed E-state index contributed by atoms with van der Waals surface area (Å²) in [6, 6.07) is 0. The summed E-state index contributed by atoms with van der Waals surface area (Å²) >= 11 is 1.20. The molecule has 1 N–H and O–H groups in total. The van der Waals surface area contributed by atoms with Crippen molar-refractivity contribution in [1.82, 2.24) is 4.98 Å². The van der Waals surface area contributed by atoms with E-state index in [4.69, 9.17) is 0 Å². The molecule has 5 nitrogen and oxygen atoms in total. The van der Waals surface area contributed by atoms with Gasteiger partial charge in [0.2, 0.25) is 11.8 Å². The molecular weight excluding hydrogens is 302 g/mol. The number of rotatable bonds is 4. The maximum Gasteiger partial charge on any atom is 0.311 e. The van der Waals surface area contributed by atoms with E-state index in [2.05, 4.69) is 15.0 Å². The second kappa shape index (κ2) is 6.46. The van der Waals surface area contributed by atoms with E-state index in [1.807, 2.05) is 0 Å². The zero-order valence-corrected chi connectivity index (χ0v) is 12.3.